The lowest BCUT2D eigenvalue weighted by atomic mass is 10.1. The molecule has 2 fully saturated rings. The van der Waals surface area contributed by atoms with Crippen LogP contribution in [0.15, 0.2) is 48.8 Å². The molecule has 2 aromatic rings. The first-order valence-corrected chi connectivity index (χ1v) is 10.5. The Bertz CT molecular complexity index is 843. The van der Waals surface area contributed by atoms with E-state index in [-0.39, 0.29) is 24.0 Å². The number of ether oxygens (including phenoxy) is 2. The average molecular weight is 409 g/mol. The van der Waals surface area contributed by atoms with Gasteiger partial charge in [0, 0.05) is 63.1 Å². The lowest BCUT2D eigenvalue weighted by Gasteiger charge is -2.32. The summed E-state index contributed by atoms with van der Waals surface area (Å²) in [4.78, 5) is 30.8. The largest absolute Gasteiger partial charge is 0.490 e. The molecule has 0 unspecified atom stereocenters. The highest BCUT2D eigenvalue weighted by Crippen LogP contribution is 2.21. The second-order valence-corrected chi connectivity index (χ2v) is 7.74. The van der Waals surface area contributed by atoms with Crippen LogP contribution in [0.3, 0.4) is 0 Å². The maximum atomic E-state index is 12.5. The van der Waals surface area contributed by atoms with E-state index < -0.39 is 0 Å². The monoisotopic (exact) mass is 409 g/mol. The number of piperidine rings is 1. The molecule has 2 aliphatic rings. The van der Waals surface area contributed by atoms with Crippen LogP contribution in [0.5, 0.6) is 5.75 Å². The molecular formula is C23H27N3O4. The quantitative estimate of drug-likeness (QED) is 0.821. The van der Waals surface area contributed by atoms with Crippen LogP contribution >= 0.6 is 0 Å². The Hall–Kier alpha value is -2.93. The smallest absolute Gasteiger partial charge is 0.255 e. The number of nitrogens with zero attached hydrogens (tertiary/aromatic N) is 2. The van der Waals surface area contributed by atoms with Gasteiger partial charge in [0.05, 0.1) is 5.56 Å². The summed E-state index contributed by atoms with van der Waals surface area (Å²) in [6.45, 7) is 2.71. The van der Waals surface area contributed by atoms with Crippen LogP contribution in [0.2, 0.25) is 0 Å². The summed E-state index contributed by atoms with van der Waals surface area (Å²) in [6.07, 6.45) is 6.59. The fourth-order valence-corrected chi connectivity index (χ4v) is 3.84. The van der Waals surface area contributed by atoms with E-state index >= 15 is 0 Å². The number of hydrogen-bond acceptors (Lipinski definition) is 5. The molecule has 158 valence electrons. The number of carbonyl (C=O) groups excluding carboxylic acids is 2. The molecule has 3 heterocycles. The minimum Gasteiger partial charge on any atom is -0.490 e. The summed E-state index contributed by atoms with van der Waals surface area (Å²) in [5, 5.41) is 3.06. The van der Waals surface area contributed by atoms with Crippen molar-refractivity contribution in [1.82, 2.24) is 15.2 Å². The van der Waals surface area contributed by atoms with Gasteiger partial charge in [0.25, 0.3) is 11.8 Å². The van der Waals surface area contributed by atoms with Gasteiger partial charge in [-0.2, -0.15) is 0 Å². The molecule has 2 saturated heterocycles. The Morgan fingerprint density at radius 3 is 2.40 bits per heavy atom. The third-order valence-corrected chi connectivity index (χ3v) is 5.61. The number of pyridine rings is 1. The summed E-state index contributed by atoms with van der Waals surface area (Å²) < 4.78 is 11.4. The maximum absolute atomic E-state index is 12.5. The molecule has 2 aliphatic heterocycles. The summed E-state index contributed by atoms with van der Waals surface area (Å²) in [5.41, 5.74) is 1.25. The lowest BCUT2D eigenvalue weighted by molar-refractivity contribution is 0.0595. The molecule has 2 amide bonds. The topological polar surface area (TPSA) is 80.8 Å². The van der Waals surface area contributed by atoms with Gasteiger partial charge in [-0.1, -0.05) is 0 Å². The number of carbonyl (C=O) groups is 2. The highest BCUT2D eigenvalue weighted by Gasteiger charge is 2.25. The van der Waals surface area contributed by atoms with E-state index in [0.717, 1.165) is 31.4 Å². The highest BCUT2D eigenvalue weighted by molar-refractivity contribution is 5.94. The van der Waals surface area contributed by atoms with Gasteiger partial charge in [-0.05, 0) is 49.2 Å². The predicted octanol–water partition coefficient (Wildman–Crippen LogP) is 2.67. The van der Waals surface area contributed by atoms with Crippen LogP contribution in [0, 0.1) is 0 Å². The minimum absolute atomic E-state index is 0.0152. The van der Waals surface area contributed by atoms with E-state index in [2.05, 4.69) is 10.3 Å². The van der Waals surface area contributed by atoms with Crippen molar-refractivity contribution in [2.45, 2.75) is 37.8 Å². The first-order chi connectivity index (χ1) is 14.7. The van der Waals surface area contributed by atoms with Crippen LogP contribution in [-0.2, 0) is 4.74 Å². The van der Waals surface area contributed by atoms with Gasteiger partial charge < -0.3 is 19.7 Å². The van der Waals surface area contributed by atoms with Crippen molar-refractivity contribution >= 4 is 11.8 Å². The number of benzene rings is 1. The summed E-state index contributed by atoms with van der Waals surface area (Å²) >= 11 is 0. The van der Waals surface area contributed by atoms with Gasteiger partial charge in [0.2, 0.25) is 0 Å². The Labute approximate surface area is 176 Å². The zero-order valence-electron chi connectivity index (χ0n) is 17.0. The fraction of sp³-hybridized carbons (Fsp3) is 0.435. The second-order valence-electron chi connectivity index (χ2n) is 7.74. The maximum Gasteiger partial charge on any atom is 0.255 e. The molecule has 0 atom stereocenters. The van der Waals surface area contributed by atoms with Gasteiger partial charge in [-0.25, -0.2) is 0 Å². The zero-order valence-corrected chi connectivity index (χ0v) is 17.0. The van der Waals surface area contributed by atoms with Crippen molar-refractivity contribution in [2.75, 3.05) is 26.3 Å². The van der Waals surface area contributed by atoms with E-state index in [1.807, 2.05) is 17.0 Å². The molecule has 30 heavy (non-hydrogen) atoms. The van der Waals surface area contributed by atoms with Crippen molar-refractivity contribution in [3.8, 4) is 5.75 Å². The molecule has 1 N–H and O–H groups in total. The van der Waals surface area contributed by atoms with Gasteiger partial charge >= 0.3 is 0 Å². The predicted molar refractivity (Wildman–Crippen MR) is 112 cm³/mol. The van der Waals surface area contributed by atoms with Gasteiger partial charge in [0.1, 0.15) is 11.9 Å². The SMILES string of the molecule is O=C(NC1CCOCC1)c1ccc(OC2CCN(C(=O)c3cccnc3)CC2)cc1. The lowest BCUT2D eigenvalue weighted by Crippen LogP contribution is -2.41. The number of nitrogens with one attached hydrogen (secondary N) is 1. The normalized spacial score (nSPS) is 18.1. The number of likely N-dealkylation sites (tertiary alicyclic amines) is 1. The minimum atomic E-state index is -0.0596. The van der Waals surface area contributed by atoms with Crippen molar-refractivity contribution < 1.29 is 19.1 Å². The van der Waals surface area contributed by atoms with Gasteiger partial charge in [-0.15, -0.1) is 0 Å². The van der Waals surface area contributed by atoms with Crippen LogP contribution in [0.1, 0.15) is 46.4 Å². The van der Waals surface area contributed by atoms with E-state index in [1.54, 1.807) is 36.7 Å². The molecule has 0 saturated carbocycles. The van der Waals surface area contributed by atoms with Crippen molar-refractivity contribution in [3.05, 3.63) is 59.9 Å². The Balaban J connectivity index is 1.25. The summed E-state index contributed by atoms with van der Waals surface area (Å²) in [6, 6.07) is 11.0. The Morgan fingerprint density at radius 2 is 1.73 bits per heavy atom. The summed E-state index contributed by atoms with van der Waals surface area (Å²) in [5.74, 6) is 0.701. The third kappa shape index (κ3) is 5.16. The van der Waals surface area contributed by atoms with Crippen molar-refractivity contribution in [3.63, 3.8) is 0 Å². The highest BCUT2D eigenvalue weighted by atomic mass is 16.5. The van der Waals surface area contributed by atoms with Gasteiger partial charge in [-0.3, -0.25) is 14.6 Å². The Kier molecular flexibility index (Phi) is 6.59. The fourth-order valence-electron chi connectivity index (χ4n) is 3.84. The van der Waals surface area contributed by atoms with Gasteiger partial charge in [0.15, 0.2) is 0 Å². The van der Waals surface area contributed by atoms with Crippen LogP contribution in [0.25, 0.3) is 0 Å². The number of aromatic nitrogens is 1. The molecule has 1 aromatic carbocycles. The summed E-state index contributed by atoms with van der Waals surface area (Å²) in [7, 11) is 0. The van der Waals surface area contributed by atoms with Crippen LogP contribution in [0.4, 0.5) is 0 Å². The molecule has 0 bridgehead atoms. The van der Waals surface area contributed by atoms with E-state index in [1.165, 1.54) is 0 Å². The van der Waals surface area contributed by atoms with E-state index in [9.17, 15) is 9.59 Å². The number of hydrogen-bond donors (Lipinski definition) is 1. The third-order valence-electron chi connectivity index (χ3n) is 5.61. The standard InChI is InChI=1S/C23H27N3O4/c27-22(25-19-9-14-29-15-10-19)17-3-5-20(6-4-17)30-21-7-12-26(13-8-21)23(28)18-2-1-11-24-16-18/h1-6,11,16,19,21H,7-10,12-15H2,(H,25,27). The van der Waals surface area contributed by atoms with Crippen LogP contribution < -0.4 is 10.1 Å². The average Bonchev–Trinajstić information content (AvgIpc) is 2.81. The zero-order chi connectivity index (χ0) is 20.8. The van der Waals surface area contributed by atoms with E-state index in [4.69, 9.17) is 9.47 Å². The second kappa shape index (κ2) is 9.71. The molecule has 0 spiro atoms. The molecule has 0 aliphatic carbocycles. The molecular weight excluding hydrogens is 382 g/mol. The molecule has 7 nitrogen and oxygen atoms in total. The van der Waals surface area contributed by atoms with Crippen molar-refractivity contribution in [2.24, 2.45) is 0 Å². The van der Waals surface area contributed by atoms with Crippen molar-refractivity contribution in [1.29, 1.82) is 0 Å². The first kappa shape index (κ1) is 20.3. The molecule has 0 radical (unpaired) electrons. The molecule has 1 aromatic heterocycles. The number of rotatable bonds is 5. The molecule has 4 rings (SSSR count). The Morgan fingerprint density at radius 1 is 1.00 bits per heavy atom. The van der Waals surface area contributed by atoms with Crippen LogP contribution in [-0.4, -0.2) is 60.1 Å². The first-order valence-electron chi connectivity index (χ1n) is 10.5. The number of amides is 2. The molecule has 7 heteroatoms. The van der Waals surface area contributed by atoms with E-state index in [0.29, 0.717) is 37.4 Å².